The predicted molar refractivity (Wildman–Crippen MR) is 103 cm³/mol. The molecular formula is C21H22N4. The van der Waals surface area contributed by atoms with Crippen LogP contribution in [0.2, 0.25) is 0 Å². The van der Waals surface area contributed by atoms with E-state index in [1.807, 2.05) is 42.5 Å². The van der Waals surface area contributed by atoms with Crippen LogP contribution >= 0.6 is 0 Å². The van der Waals surface area contributed by atoms with Gasteiger partial charge in [0.25, 0.3) is 0 Å². The highest BCUT2D eigenvalue weighted by Gasteiger charge is 2.16. The van der Waals surface area contributed by atoms with Gasteiger partial charge in [-0.25, -0.2) is 4.98 Å². The summed E-state index contributed by atoms with van der Waals surface area (Å²) in [5.74, 6) is 0.729. The molecule has 0 saturated carbocycles. The second-order valence-electron chi connectivity index (χ2n) is 6.11. The number of nitrogens with one attached hydrogen (secondary N) is 1. The Morgan fingerprint density at radius 3 is 2.36 bits per heavy atom. The molecule has 0 atom stereocenters. The summed E-state index contributed by atoms with van der Waals surface area (Å²) in [5.41, 5.74) is 10.5. The molecule has 1 aromatic heterocycles. The molecule has 126 valence electrons. The molecule has 4 nitrogen and oxygen atoms in total. The van der Waals surface area contributed by atoms with Gasteiger partial charge in [0.15, 0.2) is 5.96 Å². The fraction of sp³-hybridized carbons (Fsp3) is 0.143. The molecule has 3 aromatic rings. The van der Waals surface area contributed by atoms with Crippen LogP contribution < -0.4 is 10.6 Å². The van der Waals surface area contributed by atoms with Crippen molar-refractivity contribution < 1.29 is 0 Å². The first-order chi connectivity index (χ1) is 12.1. The zero-order valence-corrected chi connectivity index (χ0v) is 14.3. The van der Waals surface area contributed by atoms with E-state index >= 15 is 0 Å². The van der Waals surface area contributed by atoms with E-state index in [1.165, 1.54) is 11.1 Å². The minimum Gasteiger partial charge on any atom is -0.370 e. The van der Waals surface area contributed by atoms with Crippen molar-refractivity contribution in [3.05, 3.63) is 95.2 Å². The number of hydrogen-bond donors (Lipinski definition) is 2. The molecule has 2 aromatic carbocycles. The fourth-order valence-electron chi connectivity index (χ4n) is 2.78. The van der Waals surface area contributed by atoms with Gasteiger partial charge in [0, 0.05) is 12.6 Å². The predicted octanol–water partition coefficient (Wildman–Crippen LogP) is 3.88. The maximum atomic E-state index is 8.01. The van der Waals surface area contributed by atoms with E-state index in [2.05, 4.69) is 36.2 Å². The lowest BCUT2D eigenvalue weighted by atomic mass is 10.0. The van der Waals surface area contributed by atoms with Crippen molar-refractivity contribution in [2.24, 2.45) is 5.73 Å². The highest BCUT2D eigenvalue weighted by Crippen LogP contribution is 2.22. The molecule has 3 rings (SSSR count). The third-order valence-electron chi connectivity index (χ3n) is 4.11. The lowest BCUT2D eigenvalue weighted by molar-refractivity contribution is 0.939. The Morgan fingerprint density at radius 1 is 0.960 bits per heavy atom. The molecule has 0 spiro atoms. The van der Waals surface area contributed by atoms with E-state index in [-0.39, 0.29) is 5.96 Å². The molecule has 0 bridgehead atoms. The number of rotatable bonds is 5. The van der Waals surface area contributed by atoms with Gasteiger partial charge < -0.3 is 5.73 Å². The van der Waals surface area contributed by atoms with Gasteiger partial charge in [0.1, 0.15) is 5.82 Å². The first kappa shape index (κ1) is 16.7. The van der Waals surface area contributed by atoms with Crippen LogP contribution in [-0.2, 0) is 13.0 Å². The van der Waals surface area contributed by atoms with E-state index in [0.717, 1.165) is 23.4 Å². The third-order valence-corrected chi connectivity index (χ3v) is 4.11. The molecule has 0 aliphatic carbocycles. The van der Waals surface area contributed by atoms with Crippen LogP contribution in [0.1, 0.15) is 22.3 Å². The van der Waals surface area contributed by atoms with Crippen LogP contribution in [-0.4, -0.2) is 10.9 Å². The molecule has 25 heavy (non-hydrogen) atoms. The van der Waals surface area contributed by atoms with E-state index in [4.69, 9.17) is 11.1 Å². The highest BCUT2D eigenvalue weighted by atomic mass is 15.3. The molecule has 0 saturated heterocycles. The summed E-state index contributed by atoms with van der Waals surface area (Å²) in [6.45, 7) is 2.60. The molecule has 0 amide bonds. The first-order valence-corrected chi connectivity index (χ1v) is 8.28. The molecule has 3 N–H and O–H groups in total. The molecule has 0 fully saturated rings. The Balaban J connectivity index is 1.91. The normalized spacial score (nSPS) is 10.4. The number of aromatic nitrogens is 1. The number of aryl methyl sites for hydroxylation is 1. The number of nitrogens with zero attached hydrogens (tertiary/aromatic N) is 2. The molecule has 1 heterocycles. The van der Waals surface area contributed by atoms with Crippen molar-refractivity contribution in [1.29, 1.82) is 5.41 Å². The molecule has 4 heteroatoms. The second-order valence-corrected chi connectivity index (χ2v) is 6.11. The molecule has 0 unspecified atom stereocenters. The van der Waals surface area contributed by atoms with E-state index in [9.17, 15) is 0 Å². The van der Waals surface area contributed by atoms with E-state index in [0.29, 0.717) is 6.54 Å². The maximum absolute atomic E-state index is 8.01. The number of nitrogens with two attached hydrogens (primary N) is 1. The van der Waals surface area contributed by atoms with Gasteiger partial charge in [-0.05, 0) is 29.7 Å². The van der Waals surface area contributed by atoms with Crippen molar-refractivity contribution in [3.8, 4) is 0 Å². The Kier molecular flexibility index (Phi) is 5.09. The second kappa shape index (κ2) is 7.62. The summed E-state index contributed by atoms with van der Waals surface area (Å²) < 4.78 is 0. The summed E-state index contributed by atoms with van der Waals surface area (Å²) in [5, 5.41) is 8.01. The number of benzene rings is 2. The van der Waals surface area contributed by atoms with Crippen molar-refractivity contribution >= 4 is 11.8 Å². The summed E-state index contributed by atoms with van der Waals surface area (Å²) in [4.78, 5) is 6.26. The molecule has 0 radical (unpaired) electrons. The van der Waals surface area contributed by atoms with Gasteiger partial charge in [-0.15, -0.1) is 0 Å². The quantitative estimate of drug-likeness (QED) is 0.551. The Bertz CT molecular complexity index is 841. The third kappa shape index (κ3) is 4.23. The standard InChI is InChI=1S/C21H22N4/c1-16-9-11-17(12-10-16)14-19-8-5-13-24-20(19)25(21(22)23)15-18-6-3-2-4-7-18/h2-13H,14-15H2,1H3,(H3,22,23). The van der Waals surface area contributed by atoms with Gasteiger partial charge in [0.05, 0.1) is 6.54 Å². The van der Waals surface area contributed by atoms with Crippen LogP contribution in [0.4, 0.5) is 5.82 Å². The first-order valence-electron chi connectivity index (χ1n) is 8.28. The summed E-state index contributed by atoms with van der Waals surface area (Å²) in [6, 6.07) is 22.4. The van der Waals surface area contributed by atoms with Crippen molar-refractivity contribution in [2.45, 2.75) is 19.9 Å². The largest absolute Gasteiger partial charge is 0.370 e. The lowest BCUT2D eigenvalue weighted by Gasteiger charge is -2.24. The van der Waals surface area contributed by atoms with Gasteiger partial charge in [-0.3, -0.25) is 10.3 Å². The van der Waals surface area contributed by atoms with Crippen molar-refractivity contribution in [1.82, 2.24) is 4.98 Å². The Labute approximate surface area is 148 Å². The SMILES string of the molecule is Cc1ccc(Cc2cccnc2N(Cc2ccccc2)C(=N)N)cc1. The topological polar surface area (TPSA) is 66.0 Å². The van der Waals surface area contributed by atoms with Crippen LogP contribution in [0, 0.1) is 12.3 Å². The van der Waals surface area contributed by atoms with E-state index in [1.54, 1.807) is 11.1 Å². The zero-order chi connectivity index (χ0) is 17.6. The Hall–Kier alpha value is -3.14. The fourth-order valence-corrected chi connectivity index (χ4v) is 2.78. The van der Waals surface area contributed by atoms with Gasteiger partial charge >= 0.3 is 0 Å². The minimum atomic E-state index is -0.00675. The Morgan fingerprint density at radius 2 is 1.68 bits per heavy atom. The monoisotopic (exact) mass is 330 g/mol. The average molecular weight is 330 g/mol. The molecular weight excluding hydrogens is 308 g/mol. The maximum Gasteiger partial charge on any atom is 0.194 e. The number of guanidine groups is 1. The zero-order valence-electron chi connectivity index (χ0n) is 14.3. The lowest BCUT2D eigenvalue weighted by Crippen LogP contribution is -2.37. The van der Waals surface area contributed by atoms with E-state index < -0.39 is 0 Å². The summed E-state index contributed by atoms with van der Waals surface area (Å²) in [7, 11) is 0. The van der Waals surface area contributed by atoms with Crippen LogP contribution in [0.5, 0.6) is 0 Å². The average Bonchev–Trinajstić information content (AvgIpc) is 2.63. The minimum absolute atomic E-state index is 0.00675. The summed E-state index contributed by atoms with van der Waals surface area (Å²) >= 11 is 0. The number of hydrogen-bond acceptors (Lipinski definition) is 2. The molecule has 0 aliphatic heterocycles. The van der Waals surface area contributed by atoms with Gasteiger partial charge in [-0.2, -0.15) is 0 Å². The highest BCUT2D eigenvalue weighted by molar-refractivity contribution is 5.92. The van der Waals surface area contributed by atoms with Crippen molar-refractivity contribution in [3.63, 3.8) is 0 Å². The van der Waals surface area contributed by atoms with Crippen LogP contribution in [0.25, 0.3) is 0 Å². The van der Waals surface area contributed by atoms with Gasteiger partial charge in [-0.1, -0.05) is 66.2 Å². The number of pyridine rings is 1. The molecule has 0 aliphatic rings. The smallest absolute Gasteiger partial charge is 0.194 e. The number of anilines is 1. The van der Waals surface area contributed by atoms with Crippen LogP contribution in [0.3, 0.4) is 0 Å². The van der Waals surface area contributed by atoms with Crippen LogP contribution in [0.15, 0.2) is 72.9 Å². The summed E-state index contributed by atoms with van der Waals surface area (Å²) in [6.07, 6.45) is 2.50. The van der Waals surface area contributed by atoms with Crippen molar-refractivity contribution in [2.75, 3.05) is 4.90 Å². The van der Waals surface area contributed by atoms with Gasteiger partial charge in [0.2, 0.25) is 0 Å².